The first-order chi connectivity index (χ1) is 16.8. The van der Waals surface area contributed by atoms with Crippen molar-refractivity contribution in [3.8, 4) is 11.5 Å². The van der Waals surface area contributed by atoms with Gasteiger partial charge in [-0.1, -0.05) is 57.1 Å². The number of fused-ring (bicyclic) bond motifs is 1. The first-order valence-electron chi connectivity index (χ1n) is 11.0. The molecule has 0 unspecified atom stereocenters. The Labute approximate surface area is 215 Å². The van der Waals surface area contributed by atoms with Gasteiger partial charge in [-0.25, -0.2) is 9.79 Å². The molecular formula is C26H25BrN2O5S. The third-order valence-electron chi connectivity index (χ3n) is 5.67. The predicted molar refractivity (Wildman–Crippen MR) is 139 cm³/mol. The molecule has 182 valence electrons. The molecule has 0 fully saturated rings. The number of aromatic nitrogens is 1. The van der Waals surface area contributed by atoms with Gasteiger partial charge in [0.1, 0.15) is 0 Å². The SMILES string of the molecule is CCOC(=O)C1=C(C)N=c2s/c(=C\c3cc(Br)cc(OC)c3OC)c(=O)n2[C@@H]1c1ccc(C)cc1. The summed E-state index contributed by atoms with van der Waals surface area (Å²) in [7, 11) is 3.11. The molecule has 0 saturated carbocycles. The standard InChI is InChI=1S/C26H25BrN2O5S/c1-6-34-25(31)21-15(3)28-26-29(22(21)16-9-7-14(2)8-10-16)24(30)20(35-26)12-17-11-18(27)13-19(32-4)23(17)33-5/h7-13,22H,6H2,1-5H3/b20-12-/t22-/m1/s1. The van der Waals surface area contributed by atoms with Crippen molar-refractivity contribution < 1.29 is 19.0 Å². The van der Waals surface area contributed by atoms with E-state index in [9.17, 15) is 9.59 Å². The third-order valence-corrected chi connectivity index (χ3v) is 7.11. The molecule has 3 aromatic rings. The predicted octanol–water partition coefficient (Wildman–Crippen LogP) is 3.89. The zero-order chi connectivity index (χ0) is 25.3. The second kappa shape index (κ2) is 10.2. The van der Waals surface area contributed by atoms with Gasteiger partial charge in [0, 0.05) is 10.0 Å². The zero-order valence-corrected chi connectivity index (χ0v) is 22.5. The lowest BCUT2D eigenvalue weighted by Gasteiger charge is -2.24. The number of carbonyl (C=O) groups excluding carboxylic acids is 1. The Hall–Kier alpha value is -3.17. The molecule has 0 saturated heterocycles. The van der Waals surface area contributed by atoms with Crippen LogP contribution in [-0.2, 0) is 9.53 Å². The molecule has 0 N–H and O–H groups in total. The lowest BCUT2D eigenvalue weighted by molar-refractivity contribution is -0.139. The fourth-order valence-electron chi connectivity index (χ4n) is 4.06. The van der Waals surface area contributed by atoms with E-state index in [0.717, 1.165) is 15.6 Å². The molecule has 2 heterocycles. The van der Waals surface area contributed by atoms with Crippen LogP contribution in [0.1, 0.15) is 36.6 Å². The van der Waals surface area contributed by atoms with E-state index in [0.29, 0.717) is 37.7 Å². The normalized spacial score (nSPS) is 15.5. The number of carbonyl (C=O) groups is 1. The van der Waals surface area contributed by atoms with Crippen LogP contribution in [0, 0.1) is 6.92 Å². The van der Waals surface area contributed by atoms with Crippen molar-refractivity contribution in [1.29, 1.82) is 0 Å². The summed E-state index contributed by atoms with van der Waals surface area (Å²) in [5.74, 6) is 0.575. The Bertz CT molecular complexity index is 1500. The van der Waals surface area contributed by atoms with Crippen LogP contribution in [0.5, 0.6) is 11.5 Å². The number of esters is 1. The Morgan fingerprint density at radius 1 is 1.17 bits per heavy atom. The summed E-state index contributed by atoms with van der Waals surface area (Å²) in [4.78, 5) is 31.9. The van der Waals surface area contributed by atoms with E-state index in [1.54, 1.807) is 44.8 Å². The molecule has 0 amide bonds. The molecule has 7 nitrogen and oxygen atoms in total. The van der Waals surface area contributed by atoms with E-state index >= 15 is 0 Å². The summed E-state index contributed by atoms with van der Waals surface area (Å²) in [6, 6.07) is 10.8. The fraction of sp³-hybridized carbons (Fsp3) is 0.269. The fourth-order valence-corrected chi connectivity index (χ4v) is 5.56. The molecule has 35 heavy (non-hydrogen) atoms. The number of halogens is 1. The molecule has 0 aliphatic carbocycles. The summed E-state index contributed by atoms with van der Waals surface area (Å²) in [5, 5.41) is 0. The number of benzene rings is 2. The Balaban J connectivity index is 1.98. The van der Waals surface area contributed by atoms with Gasteiger partial charge < -0.3 is 14.2 Å². The second-order valence-corrected chi connectivity index (χ2v) is 9.87. The minimum absolute atomic E-state index is 0.227. The number of hydrogen-bond acceptors (Lipinski definition) is 7. The zero-order valence-electron chi connectivity index (χ0n) is 20.0. The lowest BCUT2D eigenvalue weighted by atomic mass is 9.95. The number of thiazole rings is 1. The van der Waals surface area contributed by atoms with Gasteiger partial charge in [0.05, 0.1) is 42.7 Å². The second-order valence-electron chi connectivity index (χ2n) is 7.94. The molecule has 1 aromatic heterocycles. The van der Waals surface area contributed by atoms with Gasteiger partial charge in [0.25, 0.3) is 5.56 Å². The molecule has 0 spiro atoms. The van der Waals surface area contributed by atoms with Crippen molar-refractivity contribution in [2.24, 2.45) is 4.99 Å². The molecule has 1 aliphatic rings. The maximum Gasteiger partial charge on any atom is 0.338 e. The molecule has 1 aliphatic heterocycles. The Kier molecular flexibility index (Phi) is 7.28. The van der Waals surface area contributed by atoms with Crippen LogP contribution in [0.25, 0.3) is 6.08 Å². The third kappa shape index (κ3) is 4.70. The smallest absolute Gasteiger partial charge is 0.338 e. The average Bonchev–Trinajstić information content (AvgIpc) is 3.12. The summed E-state index contributed by atoms with van der Waals surface area (Å²) < 4.78 is 19.1. The van der Waals surface area contributed by atoms with Crippen LogP contribution in [0.2, 0.25) is 0 Å². The van der Waals surface area contributed by atoms with Crippen LogP contribution in [0.15, 0.2) is 61.9 Å². The number of rotatable bonds is 6. The van der Waals surface area contributed by atoms with Gasteiger partial charge >= 0.3 is 5.97 Å². The summed E-state index contributed by atoms with van der Waals surface area (Å²) in [5.41, 5.74) is 3.20. The maximum absolute atomic E-state index is 13.8. The minimum atomic E-state index is -0.646. The number of nitrogens with zero attached hydrogens (tertiary/aromatic N) is 2. The molecule has 0 radical (unpaired) electrons. The molecule has 1 atom stereocenters. The Morgan fingerprint density at radius 3 is 2.51 bits per heavy atom. The summed E-state index contributed by atoms with van der Waals surface area (Å²) in [6.45, 7) is 5.74. The van der Waals surface area contributed by atoms with Crippen molar-refractivity contribution >= 4 is 39.3 Å². The highest BCUT2D eigenvalue weighted by atomic mass is 79.9. The summed E-state index contributed by atoms with van der Waals surface area (Å²) >= 11 is 4.74. The van der Waals surface area contributed by atoms with E-state index in [1.165, 1.54) is 11.3 Å². The van der Waals surface area contributed by atoms with Crippen molar-refractivity contribution in [3.05, 3.63) is 88.5 Å². The van der Waals surface area contributed by atoms with Crippen LogP contribution < -0.4 is 24.4 Å². The average molecular weight is 557 g/mol. The van der Waals surface area contributed by atoms with Gasteiger partial charge in [-0.15, -0.1) is 0 Å². The van der Waals surface area contributed by atoms with Crippen molar-refractivity contribution in [3.63, 3.8) is 0 Å². The van der Waals surface area contributed by atoms with Gasteiger partial charge in [0.2, 0.25) is 0 Å². The highest BCUT2D eigenvalue weighted by Gasteiger charge is 2.33. The van der Waals surface area contributed by atoms with E-state index in [4.69, 9.17) is 14.2 Å². The van der Waals surface area contributed by atoms with Gasteiger partial charge in [0.15, 0.2) is 16.3 Å². The molecule has 4 rings (SSSR count). The lowest BCUT2D eigenvalue weighted by Crippen LogP contribution is -2.39. The van der Waals surface area contributed by atoms with Crippen LogP contribution in [0.4, 0.5) is 0 Å². The minimum Gasteiger partial charge on any atom is -0.493 e. The van der Waals surface area contributed by atoms with E-state index in [1.807, 2.05) is 37.3 Å². The number of aryl methyl sites for hydroxylation is 1. The quantitative estimate of drug-likeness (QED) is 0.430. The topological polar surface area (TPSA) is 79.1 Å². The molecular weight excluding hydrogens is 532 g/mol. The van der Waals surface area contributed by atoms with E-state index in [-0.39, 0.29) is 12.2 Å². The van der Waals surface area contributed by atoms with Crippen molar-refractivity contribution in [2.45, 2.75) is 26.8 Å². The van der Waals surface area contributed by atoms with Crippen LogP contribution >= 0.6 is 27.3 Å². The molecule has 9 heteroatoms. The number of allylic oxidation sites excluding steroid dienone is 1. The van der Waals surface area contributed by atoms with E-state index < -0.39 is 12.0 Å². The van der Waals surface area contributed by atoms with Crippen LogP contribution in [0.3, 0.4) is 0 Å². The Morgan fingerprint density at radius 2 is 1.89 bits per heavy atom. The highest BCUT2D eigenvalue weighted by Crippen LogP contribution is 2.35. The first kappa shape index (κ1) is 24.9. The molecule has 0 bridgehead atoms. The van der Waals surface area contributed by atoms with Crippen LogP contribution in [-0.4, -0.2) is 31.4 Å². The monoisotopic (exact) mass is 556 g/mol. The number of ether oxygens (including phenoxy) is 3. The van der Waals surface area contributed by atoms with Gasteiger partial charge in [-0.2, -0.15) is 0 Å². The number of methoxy groups -OCH3 is 2. The first-order valence-corrected chi connectivity index (χ1v) is 12.6. The highest BCUT2D eigenvalue weighted by molar-refractivity contribution is 9.10. The van der Waals surface area contributed by atoms with Gasteiger partial charge in [-0.05, 0) is 44.5 Å². The molecule has 2 aromatic carbocycles. The van der Waals surface area contributed by atoms with Crippen molar-refractivity contribution in [1.82, 2.24) is 4.57 Å². The maximum atomic E-state index is 13.8. The van der Waals surface area contributed by atoms with E-state index in [2.05, 4.69) is 20.9 Å². The largest absolute Gasteiger partial charge is 0.493 e. The van der Waals surface area contributed by atoms with Crippen molar-refractivity contribution in [2.75, 3.05) is 20.8 Å². The number of hydrogen-bond donors (Lipinski definition) is 0. The summed E-state index contributed by atoms with van der Waals surface area (Å²) in [6.07, 6.45) is 1.76. The van der Waals surface area contributed by atoms with Gasteiger partial charge in [-0.3, -0.25) is 9.36 Å².